The number of nitrogens with zero attached hydrogens (tertiary/aromatic N) is 1. The molecule has 0 fully saturated rings. The molecule has 2 rings (SSSR count). The predicted octanol–water partition coefficient (Wildman–Crippen LogP) is 2.56. The van der Waals surface area contributed by atoms with Gasteiger partial charge in [0.05, 0.1) is 17.9 Å². The number of para-hydroxylation sites is 1. The number of rotatable bonds is 4. The smallest absolute Gasteiger partial charge is 0.266 e. The highest BCUT2D eigenvalue weighted by molar-refractivity contribution is 9.10. The van der Waals surface area contributed by atoms with E-state index in [1.807, 2.05) is 30.3 Å². The van der Waals surface area contributed by atoms with Crippen LogP contribution in [0.5, 0.6) is 0 Å². The number of carbonyl (C=O) groups excluding carboxylic acids is 1. The van der Waals surface area contributed by atoms with Crippen LogP contribution in [0.3, 0.4) is 0 Å². The molecule has 98 valence electrons. The summed E-state index contributed by atoms with van der Waals surface area (Å²) in [6, 6.07) is 10.7. The van der Waals surface area contributed by atoms with Gasteiger partial charge in [-0.1, -0.05) is 18.2 Å². The van der Waals surface area contributed by atoms with Crippen LogP contribution in [0.25, 0.3) is 5.69 Å². The van der Waals surface area contributed by atoms with Gasteiger partial charge in [0, 0.05) is 17.3 Å². The molecule has 0 N–H and O–H groups in total. The van der Waals surface area contributed by atoms with Crippen LogP contribution in [0.1, 0.15) is 16.1 Å². The number of carbonyl (C=O) groups is 1. The van der Waals surface area contributed by atoms with E-state index in [9.17, 15) is 9.59 Å². The molecule has 0 aliphatic carbocycles. The first kappa shape index (κ1) is 13.7. The Hall–Kier alpha value is -1.72. The van der Waals surface area contributed by atoms with Crippen LogP contribution in [0.4, 0.5) is 0 Å². The van der Waals surface area contributed by atoms with Crippen LogP contribution < -0.4 is 5.56 Å². The van der Waals surface area contributed by atoms with Crippen molar-refractivity contribution in [2.75, 3.05) is 7.11 Å². The molecule has 0 spiro atoms. The fourth-order valence-corrected chi connectivity index (χ4v) is 2.38. The first-order valence-corrected chi connectivity index (χ1v) is 6.42. The number of benzene rings is 1. The van der Waals surface area contributed by atoms with Gasteiger partial charge in [0.1, 0.15) is 0 Å². The van der Waals surface area contributed by atoms with Crippen LogP contribution >= 0.6 is 15.9 Å². The molecule has 5 heteroatoms. The highest BCUT2D eigenvalue weighted by Gasteiger charge is 2.14. The molecule has 0 amide bonds. The molecule has 0 aliphatic rings. The molecule has 4 nitrogen and oxygen atoms in total. The van der Waals surface area contributed by atoms with Crippen molar-refractivity contribution < 1.29 is 9.53 Å². The van der Waals surface area contributed by atoms with Crippen molar-refractivity contribution in [3.05, 3.63) is 62.5 Å². The molecule has 0 saturated carbocycles. The van der Waals surface area contributed by atoms with Crippen LogP contribution in [0, 0.1) is 0 Å². The fraction of sp³-hybridized carbons (Fsp3) is 0.143. The van der Waals surface area contributed by atoms with E-state index in [-0.39, 0.29) is 17.7 Å². The number of hydrogen-bond donors (Lipinski definition) is 0. The summed E-state index contributed by atoms with van der Waals surface area (Å²) in [6.45, 7) is 0.268. The van der Waals surface area contributed by atoms with Crippen molar-refractivity contribution in [3.63, 3.8) is 0 Å². The molecule has 1 aromatic carbocycles. The van der Waals surface area contributed by atoms with Crippen molar-refractivity contribution in [2.24, 2.45) is 0 Å². The Morgan fingerprint density at radius 3 is 2.58 bits per heavy atom. The van der Waals surface area contributed by atoms with E-state index in [1.54, 1.807) is 7.11 Å². The second-order valence-corrected chi connectivity index (χ2v) is 4.78. The van der Waals surface area contributed by atoms with Crippen molar-refractivity contribution >= 4 is 22.2 Å². The fourth-order valence-electron chi connectivity index (χ4n) is 1.84. The molecule has 0 saturated heterocycles. The van der Waals surface area contributed by atoms with Gasteiger partial charge in [0.15, 0.2) is 6.29 Å². The lowest BCUT2D eigenvalue weighted by molar-refractivity contribution is 0.112. The normalized spacial score (nSPS) is 10.4. The van der Waals surface area contributed by atoms with Crippen LogP contribution in [-0.2, 0) is 11.3 Å². The second-order valence-electron chi connectivity index (χ2n) is 3.92. The molecule has 0 radical (unpaired) electrons. The summed E-state index contributed by atoms with van der Waals surface area (Å²) in [7, 11) is 1.56. The van der Waals surface area contributed by atoms with E-state index in [0.717, 1.165) is 0 Å². The van der Waals surface area contributed by atoms with Gasteiger partial charge in [0.2, 0.25) is 0 Å². The second kappa shape index (κ2) is 5.95. The number of halogens is 1. The van der Waals surface area contributed by atoms with Crippen molar-refractivity contribution in [1.82, 2.24) is 4.57 Å². The number of methoxy groups -OCH3 is 1. The maximum absolute atomic E-state index is 12.3. The summed E-state index contributed by atoms with van der Waals surface area (Å²) in [5, 5.41) is 0. The minimum Gasteiger partial charge on any atom is -0.378 e. The van der Waals surface area contributed by atoms with Gasteiger partial charge in [-0.25, -0.2) is 0 Å². The summed E-state index contributed by atoms with van der Waals surface area (Å²) in [6.07, 6.45) is 0.559. The van der Waals surface area contributed by atoms with E-state index in [2.05, 4.69) is 15.9 Å². The SMILES string of the molecule is COCc1c(Br)cc(C=O)c(=O)n1-c1ccccc1. The lowest BCUT2D eigenvalue weighted by atomic mass is 10.2. The van der Waals surface area contributed by atoms with Crippen molar-refractivity contribution in [3.8, 4) is 5.69 Å². The third kappa shape index (κ3) is 2.67. The molecule has 0 aliphatic heterocycles. The summed E-state index contributed by atoms with van der Waals surface area (Å²) in [4.78, 5) is 23.3. The van der Waals surface area contributed by atoms with Gasteiger partial charge < -0.3 is 4.74 Å². The van der Waals surface area contributed by atoms with Gasteiger partial charge in [-0.15, -0.1) is 0 Å². The number of ether oxygens (including phenoxy) is 1. The number of aldehydes is 1. The molecule has 0 unspecified atom stereocenters. The topological polar surface area (TPSA) is 48.3 Å². The molecule has 0 atom stereocenters. The third-order valence-electron chi connectivity index (χ3n) is 2.70. The van der Waals surface area contributed by atoms with E-state index in [1.165, 1.54) is 10.6 Å². The molecule has 1 aromatic heterocycles. The van der Waals surface area contributed by atoms with E-state index >= 15 is 0 Å². The van der Waals surface area contributed by atoms with E-state index in [4.69, 9.17) is 4.74 Å². The maximum atomic E-state index is 12.3. The average molecular weight is 322 g/mol. The Balaban J connectivity index is 2.79. The maximum Gasteiger partial charge on any atom is 0.266 e. The summed E-state index contributed by atoms with van der Waals surface area (Å²) < 4.78 is 7.27. The number of pyridine rings is 1. The lowest BCUT2D eigenvalue weighted by Gasteiger charge is -2.14. The van der Waals surface area contributed by atoms with Gasteiger partial charge in [-0.2, -0.15) is 0 Å². The van der Waals surface area contributed by atoms with Gasteiger partial charge in [-0.05, 0) is 34.1 Å². The Labute approximate surface area is 118 Å². The number of aromatic nitrogens is 1. The van der Waals surface area contributed by atoms with Crippen LogP contribution in [0.15, 0.2) is 45.7 Å². The van der Waals surface area contributed by atoms with E-state index < -0.39 is 0 Å². The first-order valence-electron chi connectivity index (χ1n) is 5.63. The Morgan fingerprint density at radius 2 is 2.00 bits per heavy atom. The van der Waals surface area contributed by atoms with Gasteiger partial charge in [-0.3, -0.25) is 14.2 Å². The quantitative estimate of drug-likeness (QED) is 0.813. The van der Waals surface area contributed by atoms with Crippen molar-refractivity contribution in [2.45, 2.75) is 6.61 Å². The zero-order chi connectivity index (χ0) is 13.8. The minimum atomic E-state index is -0.351. The monoisotopic (exact) mass is 321 g/mol. The molecule has 19 heavy (non-hydrogen) atoms. The zero-order valence-electron chi connectivity index (χ0n) is 10.3. The molecular formula is C14H12BrNO3. The predicted molar refractivity (Wildman–Crippen MR) is 75.8 cm³/mol. The highest BCUT2D eigenvalue weighted by Crippen LogP contribution is 2.20. The van der Waals surface area contributed by atoms with E-state index in [0.29, 0.717) is 22.1 Å². The number of hydrogen-bond acceptors (Lipinski definition) is 3. The Bertz CT molecular complexity index is 650. The summed E-state index contributed by atoms with van der Waals surface area (Å²) >= 11 is 3.37. The van der Waals surface area contributed by atoms with Crippen molar-refractivity contribution in [1.29, 1.82) is 0 Å². The molecule has 1 heterocycles. The Morgan fingerprint density at radius 1 is 1.32 bits per heavy atom. The largest absolute Gasteiger partial charge is 0.378 e. The lowest BCUT2D eigenvalue weighted by Crippen LogP contribution is -2.26. The van der Waals surface area contributed by atoms with Crippen LogP contribution in [-0.4, -0.2) is 18.0 Å². The van der Waals surface area contributed by atoms with Gasteiger partial charge >= 0.3 is 0 Å². The first-order chi connectivity index (χ1) is 9.19. The Kier molecular flexibility index (Phi) is 4.29. The highest BCUT2D eigenvalue weighted by atomic mass is 79.9. The minimum absolute atomic E-state index is 0.107. The average Bonchev–Trinajstić information content (AvgIpc) is 2.44. The van der Waals surface area contributed by atoms with Crippen LogP contribution in [0.2, 0.25) is 0 Å². The molecule has 0 bridgehead atoms. The summed E-state index contributed by atoms with van der Waals surface area (Å²) in [5.41, 5.74) is 1.13. The molecule has 2 aromatic rings. The standard InChI is InChI=1S/C14H12BrNO3/c1-19-9-13-12(15)7-10(8-17)14(18)16(13)11-5-3-2-4-6-11/h2-8H,9H2,1H3. The zero-order valence-corrected chi connectivity index (χ0v) is 11.9. The third-order valence-corrected chi connectivity index (χ3v) is 3.39. The summed E-state index contributed by atoms with van der Waals surface area (Å²) in [5.74, 6) is 0. The molecular weight excluding hydrogens is 310 g/mol. The van der Waals surface area contributed by atoms with Gasteiger partial charge in [0.25, 0.3) is 5.56 Å².